The summed E-state index contributed by atoms with van der Waals surface area (Å²) in [6.45, 7) is 7.58. The smallest absolute Gasteiger partial charge is 0.0558 e. The van der Waals surface area contributed by atoms with E-state index in [9.17, 15) is 0 Å². The van der Waals surface area contributed by atoms with E-state index in [0.29, 0.717) is 6.61 Å². The second-order valence-electron chi connectivity index (χ2n) is 2.27. The fourth-order valence-corrected chi connectivity index (χ4v) is 1.15. The Labute approximate surface area is 63.8 Å². The minimum absolute atomic E-state index is 0.319. The zero-order valence-electron chi connectivity index (χ0n) is 7.14. The topological polar surface area (TPSA) is 23.5 Å². The third kappa shape index (κ3) is 3.85. The van der Waals surface area contributed by atoms with Crippen molar-refractivity contribution in [2.24, 2.45) is 0 Å². The van der Waals surface area contributed by atoms with E-state index in [4.69, 9.17) is 5.11 Å². The van der Waals surface area contributed by atoms with Gasteiger partial charge in [-0.2, -0.15) is 0 Å². The Morgan fingerprint density at radius 2 is 1.70 bits per heavy atom. The lowest BCUT2D eigenvalue weighted by Crippen LogP contribution is -2.22. The van der Waals surface area contributed by atoms with Gasteiger partial charge in [0.05, 0.1) is 6.61 Å². The number of hydrogen-bond donors (Lipinski definition) is 1. The van der Waals surface area contributed by atoms with Gasteiger partial charge < -0.3 is 10.0 Å². The van der Waals surface area contributed by atoms with Crippen molar-refractivity contribution in [3.05, 3.63) is 0 Å². The molecule has 0 bridgehead atoms. The molecule has 0 amide bonds. The molecule has 0 aliphatic carbocycles. The second kappa shape index (κ2) is 7.03. The fourth-order valence-electron chi connectivity index (χ4n) is 1.15. The van der Waals surface area contributed by atoms with Crippen LogP contribution < -0.4 is 0 Å². The SMILES string of the molecule is CC.OCCN1CCCC1. The van der Waals surface area contributed by atoms with Crippen LogP contribution in [0.1, 0.15) is 26.7 Å². The molecule has 10 heavy (non-hydrogen) atoms. The van der Waals surface area contributed by atoms with Crippen LogP contribution in [0, 0.1) is 0 Å². The molecular weight excluding hydrogens is 126 g/mol. The van der Waals surface area contributed by atoms with Gasteiger partial charge in [-0.05, 0) is 25.9 Å². The molecule has 0 aromatic carbocycles. The van der Waals surface area contributed by atoms with Gasteiger partial charge in [-0.3, -0.25) is 0 Å². The lowest BCUT2D eigenvalue weighted by Gasteiger charge is -2.10. The maximum Gasteiger partial charge on any atom is 0.0558 e. The summed E-state index contributed by atoms with van der Waals surface area (Å²) < 4.78 is 0. The van der Waals surface area contributed by atoms with Gasteiger partial charge in [0.2, 0.25) is 0 Å². The first kappa shape index (κ1) is 9.92. The molecule has 0 atom stereocenters. The van der Waals surface area contributed by atoms with Gasteiger partial charge in [-0.15, -0.1) is 0 Å². The predicted octanol–water partition coefficient (Wildman–Crippen LogP) is 1.10. The minimum atomic E-state index is 0.319. The molecule has 0 spiro atoms. The van der Waals surface area contributed by atoms with Crippen LogP contribution in [0.4, 0.5) is 0 Å². The van der Waals surface area contributed by atoms with Crippen molar-refractivity contribution >= 4 is 0 Å². The van der Waals surface area contributed by atoms with Gasteiger partial charge in [0.15, 0.2) is 0 Å². The van der Waals surface area contributed by atoms with Crippen LogP contribution in [0.25, 0.3) is 0 Å². The van der Waals surface area contributed by atoms with E-state index in [1.54, 1.807) is 0 Å². The van der Waals surface area contributed by atoms with E-state index >= 15 is 0 Å². The van der Waals surface area contributed by atoms with Crippen molar-refractivity contribution in [2.75, 3.05) is 26.2 Å². The van der Waals surface area contributed by atoms with Crippen molar-refractivity contribution in [3.8, 4) is 0 Å². The molecule has 0 aromatic heterocycles. The van der Waals surface area contributed by atoms with Crippen LogP contribution in [0.2, 0.25) is 0 Å². The molecule has 1 fully saturated rings. The summed E-state index contributed by atoms with van der Waals surface area (Å²) in [5.41, 5.74) is 0. The van der Waals surface area contributed by atoms with E-state index < -0.39 is 0 Å². The van der Waals surface area contributed by atoms with Gasteiger partial charge in [0.1, 0.15) is 0 Å². The van der Waals surface area contributed by atoms with Crippen LogP contribution in [0.3, 0.4) is 0 Å². The summed E-state index contributed by atoms with van der Waals surface area (Å²) in [4.78, 5) is 2.29. The molecule has 0 radical (unpaired) electrons. The number of nitrogens with zero attached hydrogens (tertiary/aromatic N) is 1. The molecule has 1 heterocycles. The highest BCUT2D eigenvalue weighted by Crippen LogP contribution is 2.04. The standard InChI is InChI=1S/C6H13NO.C2H6/c8-6-5-7-3-1-2-4-7;1-2/h8H,1-6H2;1-2H3. The van der Waals surface area contributed by atoms with Gasteiger partial charge in [0.25, 0.3) is 0 Å². The molecule has 2 heteroatoms. The summed E-state index contributed by atoms with van der Waals surface area (Å²) in [5, 5.41) is 8.48. The van der Waals surface area contributed by atoms with Crippen molar-refractivity contribution in [1.82, 2.24) is 4.90 Å². The second-order valence-corrected chi connectivity index (χ2v) is 2.27. The first-order valence-electron chi connectivity index (χ1n) is 4.26. The zero-order valence-corrected chi connectivity index (χ0v) is 7.14. The molecule has 62 valence electrons. The van der Waals surface area contributed by atoms with Crippen molar-refractivity contribution < 1.29 is 5.11 Å². The van der Waals surface area contributed by atoms with Crippen LogP contribution in [0.15, 0.2) is 0 Å². The molecule has 0 aromatic rings. The largest absolute Gasteiger partial charge is 0.395 e. The van der Waals surface area contributed by atoms with Crippen LogP contribution in [-0.4, -0.2) is 36.2 Å². The molecule has 1 saturated heterocycles. The number of hydrogen-bond acceptors (Lipinski definition) is 2. The Balaban J connectivity index is 0.000000371. The summed E-state index contributed by atoms with van der Waals surface area (Å²) in [7, 11) is 0. The molecule has 0 saturated carbocycles. The van der Waals surface area contributed by atoms with E-state index in [1.807, 2.05) is 13.8 Å². The molecule has 1 rings (SSSR count). The summed E-state index contributed by atoms with van der Waals surface area (Å²) in [6, 6.07) is 0. The molecule has 1 N–H and O–H groups in total. The van der Waals surface area contributed by atoms with E-state index in [-0.39, 0.29) is 0 Å². The lowest BCUT2D eigenvalue weighted by atomic mass is 10.4. The Morgan fingerprint density at radius 1 is 1.20 bits per heavy atom. The van der Waals surface area contributed by atoms with E-state index in [0.717, 1.165) is 6.54 Å². The normalized spacial score (nSPS) is 18.3. The number of β-amino-alcohol motifs (C(OH)–C–C–N with tert-alkyl or cyclic N) is 1. The highest BCUT2D eigenvalue weighted by atomic mass is 16.3. The summed E-state index contributed by atoms with van der Waals surface area (Å²) in [6.07, 6.45) is 2.64. The van der Waals surface area contributed by atoms with Gasteiger partial charge in [-0.1, -0.05) is 13.8 Å². The number of aliphatic hydroxyl groups is 1. The van der Waals surface area contributed by atoms with Crippen LogP contribution in [-0.2, 0) is 0 Å². The molecule has 2 nitrogen and oxygen atoms in total. The number of likely N-dealkylation sites (tertiary alicyclic amines) is 1. The first-order valence-corrected chi connectivity index (χ1v) is 4.26. The van der Waals surface area contributed by atoms with E-state index in [1.165, 1.54) is 25.9 Å². The monoisotopic (exact) mass is 145 g/mol. The molecular formula is C8H19NO. The fraction of sp³-hybridized carbons (Fsp3) is 1.00. The van der Waals surface area contributed by atoms with Gasteiger partial charge >= 0.3 is 0 Å². The highest BCUT2D eigenvalue weighted by Gasteiger charge is 2.08. The Hall–Kier alpha value is -0.0800. The van der Waals surface area contributed by atoms with Crippen molar-refractivity contribution in [3.63, 3.8) is 0 Å². The third-order valence-corrected chi connectivity index (χ3v) is 1.61. The van der Waals surface area contributed by atoms with Gasteiger partial charge in [-0.25, -0.2) is 0 Å². The quantitative estimate of drug-likeness (QED) is 0.629. The average Bonchev–Trinajstić information content (AvgIpc) is 2.46. The van der Waals surface area contributed by atoms with Crippen molar-refractivity contribution in [2.45, 2.75) is 26.7 Å². The maximum absolute atomic E-state index is 8.48. The van der Waals surface area contributed by atoms with Gasteiger partial charge in [0, 0.05) is 6.54 Å². The Morgan fingerprint density at radius 3 is 2.10 bits per heavy atom. The van der Waals surface area contributed by atoms with Crippen LogP contribution in [0.5, 0.6) is 0 Å². The summed E-state index contributed by atoms with van der Waals surface area (Å²) >= 11 is 0. The van der Waals surface area contributed by atoms with Crippen LogP contribution >= 0.6 is 0 Å². The summed E-state index contributed by atoms with van der Waals surface area (Å²) in [5.74, 6) is 0. The molecule has 1 aliphatic rings. The average molecular weight is 145 g/mol. The zero-order chi connectivity index (χ0) is 7.82. The number of aliphatic hydroxyl groups excluding tert-OH is 1. The maximum atomic E-state index is 8.48. The lowest BCUT2D eigenvalue weighted by molar-refractivity contribution is 0.221. The Bertz CT molecular complexity index is 60.3. The molecule has 1 aliphatic heterocycles. The van der Waals surface area contributed by atoms with E-state index in [2.05, 4.69) is 4.90 Å². The third-order valence-electron chi connectivity index (χ3n) is 1.61. The highest BCUT2D eigenvalue weighted by molar-refractivity contribution is 4.64. The minimum Gasteiger partial charge on any atom is -0.395 e. The predicted molar refractivity (Wildman–Crippen MR) is 44.1 cm³/mol. The molecule has 0 unspecified atom stereocenters. The number of rotatable bonds is 2. The van der Waals surface area contributed by atoms with Crippen molar-refractivity contribution in [1.29, 1.82) is 0 Å². The Kier molecular flexibility index (Phi) is 6.98. The first-order chi connectivity index (χ1) is 4.93.